The van der Waals surface area contributed by atoms with Crippen molar-refractivity contribution in [3.05, 3.63) is 52.3 Å². The second-order valence-corrected chi connectivity index (χ2v) is 11.1. The molecule has 1 aromatic rings. The molecule has 1 atom stereocenters. The van der Waals surface area contributed by atoms with Crippen LogP contribution in [-0.2, 0) is 4.79 Å². The van der Waals surface area contributed by atoms with E-state index in [1.54, 1.807) is 6.08 Å². The fourth-order valence-electron chi connectivity index (χ4n) is 5.13. The number of amides is 1. The van der Waals surface area contributed by atoms with Crippen molar-refractivity contribution < 1.29 is 9.53 Å². The van der Waals surface area contributed by atoms with Crippen LogP contribution in [0.2, 0.25) is 0 Å². The van der Waals surface area contributed by atoms with Gasteiger partial charge in [0, 0.05) is 37.0 Å². The molecule has 43 heavy (non-hydrogen) atoms. The second kappa shape index (κ2) is 19.2. The molecule has 1 unspecified atom stereocenters. The molecule has 0 saturated heterocycles. The summed E-state index contributed by atoms with van der Waals surface area (Å²) in [5.41, 5.74) is 2.07. The van der Waals surface area contributed by atoms with Crippen molar-refractivity contribution in [2.45, 2.75) is 98.8 Å². The minimum Gasteiger partial charge on any atom is -0.493 e. The highest BCUT2D eigenvalue weighted by atomic mass is 16.5. The van der Waals surface area contributed by atoms with Gasteiger partial charge in [0.15, 0.2) is 5.57 Å². The van der Waals surface area contributed by atoms with E-state index < -0.39 is 0 Å². The van der Waals surface area contributed by atoms with E-state index in [1.165, 1.54) is 11.3 Å². The van der Waals surface area contributed by atoms with Gasteiger partial charge in [-0.2, -0.15) is 15.8 Å². The predicted molar refractivity (Wildman–Crippen MR) is 174 cm³/mol. The van der Waals surface area contributed by atoms with Gasteiger partial charge in [0.2, 0.25) is 0 Å². The Morgan fingerprint density at radius 2 is 1.58 bits per heavy atom. The number of anilines is 1. The molecule has 7 nitrogen and oxygen atoms in total. The Morgan fingerprint density at radius 1 is 0.930 bits per heavy atom. The first-order valence-corrected chi connectivity index (χ1v) is 16.1. The third kappa shape index (κ3) is 9.76. The molecule has 1 aromatic carbocycles. The van der Waals surface area contributed by atoms with Crippen molar-refractivity contribution in [3.8, 4) is 24.0 Å². The average molecular weight is 584 g/mol. The van der Waals surface area contributed by atoms with Crippen LogP contribution in [0.5, 0.6) is 5.75 Å². The Morgan fingerprint density at radius 3 is 2.14 bits per heavy atom. The van der Waals surface area contributed by atoms with Crippen molar-refractivity contribution in [1.29, 1.82) is 15.8 Å². The second-order valence-electron chi connectivity index (χ2n) is 11.1. The molecule has 0 fully saturated rings. The standard InChI is InChI=1S/C36H49N5O2/c1-6-11-15-28(10-5)27-43-34-23-31(40(20-12-7-2)21-13-8-3)18-16-29(34)17-19-32-33(26-39)35(30(24-37)25-38)41(36(32)42)22-14-9-4/h16-19,23,28H,6-15,20-22,27H2,1-5H3/b19-17+. The first-order valence-electron chi connectivity index (χ1n) is 16.1. The molecular formula is C36H49N5O2. The van der Waals surface area contributed by atoms with Gasteiger partial charge in [-0.25, -0.2) is 0 Å². The quantitative estimate of drug-likeness (QED) is 0.151. The lowest BCUT2D eigenvalue weighted by atomic mass is 10.0. The third-order valence-corrected chi connectivity index (χ3v) is 7.93. The molecule has 0 aliphatic carbocycles. The molecule has 0 saturated carbocycles. The summed E-state index contributed by atoms with van der Waals surface area (Å²) in [7, 11) is 0. The molecule has 0 aromatic heterocycles. The summed E-state index contributed by atoms with van der Waals surface area (Å²) in [5, 5.41) is 29.2. The maximum Gasteiger partial charge on any atom is 0.259 e. The Labute approximate surface area is 259 Å². The summed E-state index contributed by atoms with van der Waals surface area (Å²) in [6.07, 6.45) is 13.9. The normalized spacial score (nSPS) is 13.7. The van der Waals surface area contributed by atoms with Crippen molar-refractivity contribution >= 4 is 17.7 Å². The molecule has 1 aliphatic heterocycles. The summed E-state index contributed by atoms with van der Waals surface area (Å²) in [6, 6.07) is 12.1. The van der Waals surface area contributed by atoms with Gasteiger partial charge in [0.1, 0.15) is 24.0 Å². The van der Waals surface area contributed by atoms with Crippen LogP contribution in [0.15, 0.2) is 46.7 Å². The van der Waals surface area contributed by atoms with Crippen LogP contribution in [0.1, 0.15) is 104 Å². The van der Waals surface area contributed by atoms with Crippen molar-refractivity contribution in [1.82, 2.24) is 4.90 Å². The number of ether oxygens (including phenoxy) is 1. The van der Waals surface area contributed by atoms with Gasteiger partial charge in [0.05, 0.1) is 23.5 Å². The van der Waals surface area contributed by atoms with Crippen LogP contribution in [0.3, 0.4) is 0 Å². The van der Waals surface area contributed by atoms with E-state index in [9.17, 15) is 20.6 Å². The topological polar surface area (TPSA) is 104 Å². The van der Waals surface area contributed by atoms with Crippen LogP contribution in [0, 0.1) is 39.9 Å². The Bertz CT molecular complexity index is 1260. The maximum atomic E-state index is 13.5. The summed E-state index contributed by atoms with van der Waals surface area (Å²) in [6.45, 7) is 13.7. The number of hydrogen-bond acceptors (Lipinski definition) is 6. The summed E-state index contributed by atoms with van der Waals surface area (Å²) in [5.74, 6) is 0.838. The number of allylic oxidation sites excluding steroid dienone is 2. The van der Waals surface area contributed by atoms with E-state index >= 15 is 0 Å². The van der Waals surface area contributed by atoms with E-state index in [-0.39, 0.29) is 28.3 Å². The molecule has 0 radical (unpaired) electrons. The SMILES string of the molecule is CCCCC(CC)COc1cc(N(CCCC)CCCC)ccc1/C=C/C1=C(C#N)C(=C(C#N)C#N)N(CCCC)C1=O. The van der Waals surface area contributed by atoms with Crippen LogP contribution in [0.25, 0.3) is 6.08 Å². The molecule has 230 valence electrons. The van der Waals surface area contributed by atoms with Crippen molar-refractivity contribution in [3.63, 3.8) is 0 Å². The first kappa shape index (κ1) is 35.2. The smallest absolute Gasteiger partial charge is 0.259 e. The van der Waals surface area contributed by atoms with E-state index in [0.29, 0.717) is 25.5 Å². The third-order valence-electron chi connectivity index (χ3n) is 7.93. The zero-order valence-corrected chi connectivity index (χ0v) is 26.9. The lowest BCUT2D eigenvalue weighted by Gasteiger charge is -2.26. The highest BCUT2D eigenvalue weighted by molar-refractivity contribution is 6.05. The van der Waals surface area contributed by atoms with Gasteiger partial charge < -0.3 is 14.5 Å². The maximum absolute atomic E-state index is 13.5. The highest BCUT2D eigenvalue weighted by Gasteiger charge is 2.36. The highest BCUT2D eigenvalue weighted by Crippen LogP contribution is 2.34. The number of nitriles is 3. The minimum absolute atomic E-state index is 0.0606. The molecular weight excluding hydrogens is 534 g/mol. The zero-order valence-electron chi connectivity index (χ0n) is 26.9. The largest absolute Gasteiger partial charge is 0.493 e. The summed E-state index contributed by atoms with van der Waals surface area (Å²) in [4.78, 5) is 17.3. The molecule has 1 amide bonds. The zero-order chi connectivity index (χ0) is 31.6. The molecule has 1 aliphatic rings. The van der Waals surface area contributed by atoms with E-state index in [2.05, 4.69) is 50.8 Å². The Hall–Kier alpha value is -4.02. The van der Waals surface area contributed by atoms with E-state index in [4.69, 9.17) is 4.74 Å². The van der Waals surface area contributed by atoms with E-state index in [0.717, 1.165) is 81.5 Å². The molecule has 1 heterocycles. The number of carbonyl (C=O) groups is 1. The fourth-order valence-corrected chi connectivity index (χ4v) is 5.13. The fraction of sp³-hybridized carbons (Fsp3) is 0.556. The number of unbranched alkanes of at least 4 members (excludes halogenated alkanes) is 4. The average Bonchev–Trinajstić information content (AvgIpc) is 3.29. The van der Waals surface area contributed by atoms with E-state index in [1.807, 2.05) is 31.2 Å². The van der Waals surface area contributed by atoms with Crippen LogP contribution in [-0.4, -0.2) is 37.0 Å². The van der Waals surface area contributed by atoms with Crippen LogP contribution >= 0.6 is 0 Å². The molecule has 0 N–H and O–H groups in total. The monoisotopic (exact) mass is 583 g/mol. The number of nitrogens with zero attached hydrogens (tertiary/aromatic N) is 5. The number of benzene rings is 1. The minimum atomic E-state index is -0.366. The van der Waals surface area contributed by atoms with Crippen molar-refractivity contribution in [2.75, 3.05) is 31.1 Å². The van der Waals surface area contributed by atoms with Crippen LogP contribution in [0.4, 0.5) is 5.69 Å². The number of carbonyl (C=O) groups excluding carboxylic acids is 1. The molecule has 0 bridgehead atoms. The van der Waals surface area contributed by atoms with Gasteiger partial charge >= 0.3 is 0 Å². The predicted octanol–water partition coefficient (Wildman–Crippen LogP) is 8.47. The summed E-state index contributed by atoms with van der Waals surface area (Å²) < 4.78 is 6.50. The van der Waals surface area contributed by atoms with Gasteiger partial charge in [-0.3, -0.25) is 4.79 Å². The molecule has 2 rings (SSSR count). The van der Waals surface area contributed by atoms with Gasteiger partial charge in [-0.1, -0.05) is 79.2 Å². The molecule has 0 spiro atoms. The number of hydrogen-bond donors (Lipinski definition) is 0. The van der Waals surface area contributed by atoms with Crippen LogP contribution < -0.4 is 9.64 Å². The van der Waals surface area contributed by atoms with Crippen molar-refractivity contribution in [2.24, 2.45) is 5.92 Å². The van der Waals surface area contributed by atoms with Gasteiger partial charge in [-0.05, 0) is 49.8 Å². The lowest BCUT2D eigenvalue weighted by Crippen LogP contribution is -2.27. The van der Waals surface area contributed by atoms with Gasteiger partial charge in [0.25, 0.3) is 5.91 Å². The Balaban J connectivity index is 2.58. The Kier molecular flexibility index (Phi) is 15.7. The lowest BCUT2D eigenvalue weighted by molar-refractivity contribution is -0.124. The first-order chi connectivity index (χ1) is 20.9. The summed E-state index contributed by atoms with van der Waals surface area (Å²) >= 11 is 0. The molecule has 7 heteroatoms. The van der Waals surface area contributed by atoms with Gasteiger partial charge in [-0.15, -0.1) is 0 Å². The number of rotatable bonds is 19.